The summed E-state index contributed by atoms with van der Waals surface area (Å²) in [4.78, 5) is 2.94. The molecule has 0 atom stereocenters. The van der Waals surface area contributed by atoms with E-state index in [-0.39, 0.29) is 5.02 Å². The van der Waals surface area contributed by atoms with Gasteiger partial charge in [-0.1, -0.05) is 11.6 Å². The van der Waals surface area contributed by atoms with E-state index in [1.807, 2.05) is 0 Å². The second-order valence-electron chi connectivity index (χ2n) is 1.99. The van der Waals surface area contributed by atoms with Gasteiger partial charge in [-0.2, -0.15) is 4.39 Å². The van der Waals surface area contributed by atoms with Crippen LogP contribution in [-0.4, -0.2) is 11.3 Å². The number of aromatic nitrogens is 1. The second kappa shape index (κ2) is 3.37. The summed E-state index contributed by atoms with van der Waals surface area (Å²) in [7, 11) is 0. The summed E-state index contributed by atoms with van der Waals surface area (Å²) in [6.07, 6.45) is -4.08. The SMILES string of the molecule is Fc1ncc(Cl)cc1OC(F)(F)F. The number of pyridine rings is 1. The van der Waals surface area contributed by atoms with Gasteiger partial charge in [0.2, 0.25) is 0 Å². The van der Waals surface area contributed by atoms with E-state index >= 15 is 0 Å². The van der Waals surface area contributed by atoms with Crippen LogP contribution in [0.5, 0.6) is 5.75 Å². The van der Waals surface area contributed by atoms with Crippen molar-refractivity contribution in [3.8, 4) is 5.75 Å². The van der Waals surface area contributed by atoms with Gasteiger partial charge in [0.1, 0.15) is 0 Å². The fraction of sp³-hybridized carbons (Fsp3) is 0.167. The van der Waals surface area contributed by atoms with Crippen molar-refractivity contribution in [2.24, 2.45) is 0 Å². The molecule has 0 radical (unpaired) electrons. The molecule has 0 aliphatic carbocycles. The molecule has 0 aromatic carbocycles. The van der Waals surface area contributed by atoms with E-state index in [1.54, 1.807) is 0 Å². The smallest absolute Gasteiger partial charge is 0.401 e. The maximum atomic E-state index is 12.5. The summed E-state index contributed by atoms with van der Waals surface area (Å²) in [6.45, 7) is 0. The number of hydrogen-bond donors (Lipinski definition) is 0. The summed E-state index contributed by atoms with van der Waals surface area (Å²) in [5, 5.41) is -0.138. The largest absolute Gasteiger partial charge is 0.573 e. The first-order chi connectivity index (χ1) is 5.88. The molecule has 72 valence electrons. The quantitative estimate of drug-likeness (QED) is 0.531. The predicted molar refractivity (Wildman–Crippen MR) is 35.9 cm³/mol. The predicted octanol–water partition coefficient (Wildman–Crippen LogP) is 2.77. The van der Waals surface area contributed by atoms with Crippen molar-refractivity contribution in [2.45, 2.75) is 6.36 Å². The maximum absolute atomic E-state index is 12.5. The van der Waals surface area contributed by atoms with Crippen LogP contribution in [0, 0.1) is 5.95 Å². The Labute approximate surface area is 75.1 Å². The standard InChI is InChI=1S/C6H2ClF4NO/c7-3-1-4(5(8)12-2-3)13-6(9,10)11/h1-2H. The van der Waals surface area contributed by atoms with E-state index in [9.17, 15) is 17.6 Å². The number of hydrogen-bond acceptors (Lipinski definition) is 2. The average molecular weight is 216 g/mol. The van der Waals surface area contributed by atoms with Gasteiger partial charge in [0.05, 0.1) is 5.02 Å². The highest BCUT2D eigenvalue weighted by Gasteiger charge is 2.32. The minimum Gasteiger partial charge on any atom is -0.401 e. The molecule has 2 nitrogen and oxygen atoms in total. The average Bonchev–Trinajstić information content (AvgIpc) is 1.94. The van der Waals surface area contributed by atoms with Crippen molar-refractivity contribution in [1.82, 2.24) is 4.98 Å². The van der Waals surface area contributed by atoms with Crippen LogP contribution in [0.2, 0.25) is 5.02 Å². The third kappa shape index (κ3) is 3.06. The van der Waals surface area contributed by atoms with Crippen LogP contribution in [-0.2, 0) is 0 Å². The van der Waals surface area contributed by atoms with Crippen molar-refractivity contribution < 1.29 is 22.3 Å². The van der Waals surface area contributed by atoms with Gasteiger partial charge in [-0.05, 0) is 0 Å². The number of ether oxygens (including phenoxy) is 1. The third-order valence-electron chi connectivity index (χ3n) is 0.999. The van der Waals surface area contributed by atoms with Crippen LogP contribution in [0.3, 0.4) is 0 Å². The van der Waals surface area contributed by atoms with Crippen molar-refractivity contribution in [3.05, 3.63) is 23.2 Å². The van der Waals surface area contributed by atoms with Gasteiger partial charge in [0, 0.05) is 12.3 Å². The van der Waals surface area contributed by atoms with E-state index in [2.05, 4.69) is 9.72 Å². The fourth-order valence-electron chi connectivity index (χ4n) is 0.600. The van der Waals surface area contributed by atoms with Crippen LogP contribution in [0.4, 0.5) is 17.6 Å². The highest BCUT2D eigenvalue weighted by molar-refractivity contribution is 6.30. The minimum absolute atomic E-state index is 0.138. The van der Waals surface area contributed by atoms with Gasteiger partial charge in [-0.15, -0.1) is 13.2 Å². The molecule has 0 unspecified atom stereocenters. The maximum Gasteiger partial charge on any atom is 0.573 e. The molecule has 0 bridgehead atoms. The molecular weight excluding hydrogens is 214 g/mol. The molecule has 0 spiro atoms. The molecule has 0 saturated carbocycles. The second-order valence-corrected chi connectivity index (χ2v) is 2.43. The lowest BCUT2D eigenvalue weighted by molar-refractivity contribution is -0.275. The topological polar surface area (TPSA) is 22.1 Å². The van der Waals surface area contributed by atoms with E-state index < -0.39 is 18.1 Å². The Balaban J connectivity index is 2.94. The summed E-state index contributed by atoms with van der Waals surface area (Å²) in [5.41, 5.74) is 0. The summed E-state index contributed by atoms with van der Waals surface area (Å²) in [5.74, 6) is -2.40. The molecule has 7 heteroatoms. The Morgan fingerprint density at radius 2 is 2.00 bits per heavy atom. The molecule has 0 saturated heterocycles. The number of alkyl halides is 3. The van der Waals surface area contributed by atoms with Crippen LogP contribution in [0.1, 0.15) is 0 Å². The monoisotopic (exact) mass is 215 g/mol. The highest BCUT2D eigenvalue weighted by atomic mass is 35.5. The first kappa shape index (κ1) is 10.0. The lowest BCUT2D eigenvalue weighted by Crippen LogP contribution is -2.18. The van der Waals surface area contributed by atoms with Crippen molar-refractivity contribution >= 4 is 11.6 Å². The zero-order chi connectivity index (χ0) is 10.1. The molecule has 0 aliphatic rings. The summed E-state index contributed by atoms with van der Waals surface area (Å²) < 4.78 is 50.6. The molecule has 1 heterocycles. The molecule has 0 aliphatic heterocycles. The van der Waals surface area contributed by atoms with Gasteiger partial charge in [0.25, 0.3) is 5.95 Å². The Morgan fingerprint density at radius 1 is 1.38 bits per heavy atom. The summed E-state index contributed by atoms with van der Waals surface area (Å²) >= 11 is 5.27. The van der Waals surface area contributed by atoms with Crippen LogP contribution < -0.4 is 4.74 Å². The summed E-state index contributed by atoms with van der Waals surface area (Å²) in [6, 6.07) is 0.692. The Hall–Kier alpha value is -1.04. The minimum atomic E-state index is -4.95. The lowest BCUT2D eigenvalue weighted by Gasteiger charge is -2.08. The van der Waals surface area contributed by atoms with Gasteiger partial charge >= 0.3 is 6.36 Å². The Kier molecular flexibility index (Phi) is 2.60. The number of nitrogens with zero attached hydrogens (tertiary/aromatic N) is 1. The van der Waals surface area contributed by atoms with Gasteiger partial charge < -0.3 is 4.74 Å². The molecule has 1 rings (SSSR count). The highest BCUT2D eigenvalue weighted by Crippen LogP contribution is 2.26. The molecular formula is C6H2ClF4NO. The number of halogens is 5. The zero-order valence-electron chi connectivity index (χ0n) is 5.90. The fourth-order valence-corrected chi connectivity index (χ4v) is 0.748. The van der Waals surface area contributed by atoms with Crippen LogP contribution in [0.15, 0.2) is 12.3 Å². The van der Waals surface area contributed by atoms with Gasteiger partial charge in [-0.25, -0.2) is 4.98 Å². The molecule has 0 fully saturated rings. The van der Waals surface area contributed by atoms with Gasteiger partial charge in [0.15, 0.2) is 5.75 Å². The van der Waals surface area contributed by atoms with Crippen LogP contribution in [0.25, 0.3) is 0 Å². The van der Waals surface area contributed by atoms with E-state index in [0.717, 1.165) is 6.20 Å². The van der Waals surface area contributed by atoms with Crippen molar-refractivity contribution in [1.29, 1.82) is 0 Å². The normalized spacial score (nSPS) is 11.5. The zero-order valence-corrected chi connectivity index (χ0v) is 6.66. The van der Waals surface area contributed by atoms with Crippen molar-refractivity contribution in [2.75, 3.05) is 0 Å². The molecule has 0 amide bonds. The molecule has 0 N–H and O–H groups in total. The molecule has 13 heavy (non-hydrogen) atoms. The third-order valence-corrected chi connectivity index (χ3v) is 1.21. The first-order valence-electron chi connectivity index (χ1n) is 2.95. The van der Waals surface area contributed by atoms with E-state index in [1.165, 1.54) is 0 Å². The lowest BCUT2D eigenvalue weighted by atomic mass is 10.4. The Bertz CT molecular complexity index is 314. The molecule has 1 aromatic rings. The number of rotatable bonds is 1. The van der Waals surface area contributed by atoms with E-state index in [0.29, 0.717) is 6.07 Å². The van der Waals surface area contributed by atoms with E-state index in [4.69, 9.17) is 11.6 Å². The van der Waals surface area contributed by atoms with Crippen LogP contribution >= 0.6 is 11.6 Å². The Morgan fingerprint density at radius 3 is 2.54 bits per heavy atom. The molecule has 1 aromatic heterocycles. The van der Waals surface area contributed by atoms with Gasteiger partial charge in [-0.3, -0.25) is 0 Å². The first-order valence-corrected chi connectivity index (χ1v) is 3.33. The van der Waals surface area contributed by atoms with Crippen molar-refractivity contribution in [3.63, 3.8) is 0 Å².